The summed E-state index contributed by atoms with van der Waals surface area (Å²) in [4.78, 5) is 12.2. The molecule has 0 aliphatic heterocycles. The third-order valence-corrected chi connectivity index (χ3v) is 3.76. The molecule has 1 amide bonds. The van der Waals surface area contributed by atoms with Crippen LogP contribution in [0, 0.1) is 0 Å². The van der Waals surface area contributed by atoms with Crippen LogP contribution in [0.2, 0.25) is 0 Å². The van der Waals surface area contributed by atoms with Gasteiger partial charge in [0.2, 0.25) is 5.91 Å². The molecular weight excluding hydrogens is 300 g/mol. The summed E-state index contributed by atoms with van der Waals surface area (Å²) >= 11 is 0. The van der Waals surface area contributed by atoms with Crippen molar-refractivity contribution in [2.75, 3.05) is 24.3 Å². The number of para-hydroxylation sites is 1. The Hall–Kier alpha value is -2.49. The summed E-state index contributed by atoms with van der Waals surface area (Å²) in [5, 5.41) is 6.26. The van der Waals surface area contributed by atoms with Crippen LogP contribution in [0.15, 0.2) is 48.5 Å². The number of carbonyl (C=O) groups is 1. The van der Waals surface area contributed by atoms with Crippen LogP contribution in [0.5, 0.6) is 5.75 Å². The first-order valence-corrected chi connectivity index (χ1v) is 8.17. The van der Waals surface area contributed by atoms with Gasteiger partial charge >= 0.3 is 0 Å². The molecule has 0 heterocycles. The molecule has 0 aliphatic carbocycles. The smallest absolute Gasteiger partial charge is 0.226 e. The molecule has 0 aromatic heterocycles. The summed E-state index contributed by atoms with van der Waals surface area (Å²) in [5.74, 6) is 0.797. The third-order valence-electron chi connectivity index (χ3n) is 3.76. The summed E-state index contributed by atoms with van der Waals surface area (Å²) in [7, 11) is 1.64. The molecule has 4 nitrogen and oxygen atoms in total. The van der Waals surface area contributed by atoms with Gasteiger partial charge in [-0.2, -0.15) is 0 Å². The van der Waals surface area contributed by atoms with E-state index in [-0.39, 0.29) is 11.3 Å². The Kier molecular flexibility index (Phi) is 5.85. The molecule has 0 saturated heterocycles. The van der Waals surface area contributed by atoms with Crippen molar-refractivity contribution in [2.45, 2.75) is 32.6 Å². The van der Waals surface area contributed by atoms with Crippen LogP contribution >= 0.6 is 0 Å². The van der Waals surface area contributed by atoms with Crippen molar-refractivity contribution in [1.82, 2.24) is 0 Å². The second-order valence-electron chi connectivity index (χ2n) is 6.75. The summed E-state index contributed by atoms with van der Waals surface area (Å²) < 4.78 is 5.19. The SMILES string of the molecule is COc1cccc(NCCC(=O)Nc2ccccc2C(C)(C)C)c1. The van der Waals surface area contributed by atoms with Crippen LogP contribution in [0.25, 0.3) is 0 Å². The molecule has 128 valence electrons. The number of methoxy groups -OCH3 is 1. The van der Waals surface area contributed by atoms with Gasteiger partial charge in [-0.05, 0) is 29.2 Å². The minimum atomic E-state index is -0.0112. The predicted molar refractivity (Wildman–Crippen MR) is 99.9 cm³/mol. The molecule has 0 bridgehead atoms. The third kappa shape index (κ3) is 5.01. The van der Waals surface area contributed by atoms with Gasteiger partial charge in [0.05, 0.1) is 7.11 Å². The Morgan fingerprint density at radius 1 is 1.08 bits per heavy atom. The van der Waals surface area contributed by atoms with Crippen LogP contribution in [0.1, 0.15) is 32.8 Å². The Morgan fingerprint density at radius 3 is 2.54 bits per heavy atom. The van der Waals surface area contributed by atoms with Crippen LogP contribution in [0.4, 0.5) is 11.4 Å². The van der Waals surface area contributed by atoms with E-state index in [1.54, 1.807) is 7.11 Å². The van der Waals surface area contributed by atoms with E-state index in [4.69, 9.17) is 4.74 Å². The van der Waals surface area contributed by atoms with Gasteiger partial charge in [-0.3, -0.25) is 4.79 Å². The van der Waals surface area contributed by atoms with Crippen LogP contribution in [-0.4, -0.2) is 19.6 Å². The number of hydrogen-bond acceptors (Lipinski definition) is 3. The number of anilines is 2. The topological polar surface area (TPSA) is 50.4 Å². The molecular formula is C20H26N2O2. The molecule has 0 unspecified atom stereocenters. The molecule has 0 spiro atoms. The van der Waals surface area contributed by atoms with E-state index in [2.05, 4.69) is 37.5 Å². The van der Waals surface area contributed by atoms with Crippen molar-refractivity contribution in [3.63, 3.8) is 0 Å². The zero-order chi connectivity index (χ0) is 17.6. The number of nitrogens with one attached hydrogen (secondary N) is 2. The van der Waals surface area contributed by atoms with Gasteiger partial charge in [-0.25, -0.2) is 0 Å². The van der Waals surface area contributed by atoms with E-state index in [1.165, 1.54) is 0 Å². The van der Waals surface area contributed by atoms with E-state index in [0.717, 1.165) is 22.7 Å². The lowest BCUT2D eigenvalue weighted by Crippen LogP contribution is -2.20. The van der Waals surface area contributed by atoms with Gasteiger partial charge < -0.3 is 15.4 Å². The highest BCUT2D eigenvalue weighted by atomic mass is 16.5. The van der Waals surface area contributed by atoms with Gasteiger partial charge in [0.25, 0.3) is 0 Å². The normalized spacial score (nSPS) is 11.0. The fraction of sp³-hybridized carbons (Fsp3) is 0.350. The number of hydrogen-bond donors (Lipinski definition) is 2. The zero-order valence-corrected chi connectivity index (χ0v) is 14.8. The van der Waals surface area contributed by atoms with Crippen LogP contribution < -0.4 is 15.4 Å². The highest BCUT2D eigenvalue weighted by Gasteiger charge is 2.18. The van der Waals surface area contributed by atoms with Gasteiger partial charge in [-0.1, -0.05) is 45.0 Å². The molecule has 24 heavy (non-hydrogen) atoms. The van der Waals surface area contributed by atoms with Gasteiger partial charge in [0.1, 0.15) is 5.75 Å². The monoisotopic (exact) mass is 326 g/mol. The number of amides is 1. The molecule has 0 fully saturated rings. The Morgan fingerprint density at radius 2 is 1.83 bits per heavy atom. The van der Waals surface area contributed by atoms with Crippen molar-refractivity contribution >= 4 is 17.3 Å². The van der Waals surface area contributed by atoms with E-state index >= 15 is 0 Å². The highest BCUT2D eigenvalue weighted by molar-refractivity contribution is 5.92. The van der Waals surface area contributed by atoms with Crippen molar-refractivity contribution in [2.24, 2.45) is 0 Å². The van der Waals surface area contributed by atoms with Gasteiger partial charge in [0.15, 0.2) is 0 Å². The van der Waals surface area contributed by atoms with Crippen molar-refractivity contribution in [3.8, 4) is 5.75 Å². The Bertz CT molecular complexity index is 690. The van der Waals surface area contributed by atoms with E-state index < -0.39 is 0 Å². The maximum atomic E-state index is 12.2. The maximum Gasteiger partial charge on any atom is 0.226 e. The average Bonchev–Trinajstić information content (AvgIpc) is 2.54. The largest absolute Gasteiger partial charge is 0.497 e. The first-order chi connectivity index (χ1) is 11.4. The first kappa shape index (κ1) is 17.9. The minimum absolute atomic E-state index is 0.00194. The minimum Gasteiger partial charge on any atom is -0.497 e. The standard InChI is InChI=1S/C20H26N2O2/c1-20(2,3)17-10-5-6-11-18(17)22-19(23)12-13-21-15-8-7-9-16(14-15)24-4/h5-11,14,21H,12-13H2,1-4H3,(H,22,23). The zero-order valence-electron chi connectivity index (χ0n) is 14.8. The summed E-state index contributed by atoms with van der Waals surface area (Å²) in [6, 6.07) is 15.6. The quantitative estimate of drug-likeness (QED) is 0.825. The van der Waals surface area contributed by atoms with E-state index in [0.29, 0.717) is 13.0 Å². The van der Waals surface area contributed by atoms with Crippen molar-refractivity contribution in [1.29, 1.82) is 0 Å². The van der Waals surface area contributed by atoms with E-state index in [1.807, 2.05) is 42.5 Å². The maximum absolute atomic E-state index is 12.2. The fourth-order valence-electron chi connectivity index (χ4n) is 2.51. The molecule has 2 rings (SSSR count). The lowest BCUT2D eigenvalue weighted by atomic mass is 9.86. The first-order valence-electron chi connectivity index (χ1n) is 8.17. The van der Waals surface area contributed by atoms with Gasteiger partial charge in [-0.15, -0.1) is 0 Å². The molecule has 0 atom stereocenters. The van der Waals surface area contributed by atoms with Crippen molar-refractivity contribution < 1.29 is 9.53 Å². The molecule has 2 N–H and O–H groups in total. The molecule has 4 heteroatoms. The molecule has 0 saturated carbocycles. The number of rotatable bonds is 6. The lowest BCUT2D eigenvalue weighted by molar-refractivity contribution is -0.115. The number of carbonyl (C=O) groups excluding carboxylic acids is 1. The molecule has 2 aromatic rings. The summed E-state index contributed by atoms with van der Waals surface area (Å²) in [5.41, 5.74) is 2.95. The fourth-order valence-corrected chi connectivity index (χ4v) is 2.51. The highest BCUT2D eigenvalue weighted by Crippen LogP contribution is 2.29. The van der Waals surface area contributed by atoms with Crippen LogP contribution in [0.3, 0.4) is 0 Å². The van der Waals surface area contributed by atoms with Crippen molar-refractivity contribution in [3.05, 3.63) is 54.1 Å². The van der Waals surface area contributed by atoms with E-state index in [9.17, 15) is 4.79 Å². The summed E-state index contributed by atoms with van der Waals surface area (Å²) in [6.45, 7) is 6.99. The molecule has 0 radical (unpaired) electrons. The predicted octanol–water partition coefficient (Wildman–Crippen LogP) is 4.43. The summed E-state index contributed by atoms with van der Waals surface area (Å²) in [6.07, 6.45) is 0.398. The second-order valence-corrected chi connectivity index (χ2v) is 6.75. The number of ether oxygens (including phenoxy) is 1. The second kappa shape index (κ2) is 7.86. The van der Waals surface area contributed by atoms with Gasteiger partial charge in [0, 0.05) is 30.4 Å². The Balaban J connectivity index is 1.90. The number of benzene rings is 2. The molecule has 2 aromatic carbocycles. The van der Waals surface area contributed by atoms with Crippen LogP contribution in [-0.2, 0) is 10.2 Å². The Labute approximate surface area is 144 Å². The average molecular weight is 326 g/mol. The molecule has 0 aliphatic rings. The lowest BCUT2D eigenvalue weighted by Gasteiger charge is -2.23.